The highest BCUT2D eigenvalue weighted by Crippen LogP contribution is 2.14. The van der Waals surface area contributed by atoms with Crippen molar-refractivity contribution in [3.05, 3.63) is 51.2 Å². The monoisotopic (exact) mass is 248 g/mol. The lowest BCUT2D eigenvalue weighted by molar-refractivity contribution is 0.590. The van der Waals surface area contributed by atoms with Gasteiger partial charge in [0.15, 0.2) is 5.43 Å². The van der Waals surface area contributed by atoms with E-state index in [1.165, 1.54) is 11.5 Å². The predicted octanol–water partition coefficient (Wildman–Crippen LogP) is 2.45. The number of benzene rings is 1. The van der Waals surface area contributed by atoms with Crippen molar-refractivity contribution in [3.8, 4) is 0 Å². The number of fused-ring (bicyclic) bond motifs is 1. The summed E-state index contributed by atoms with van der Waals surface area (Å²) < 4.78 is 16.4. The van der Waals surface area contributed by atoms with Crippen LogP contribution in [0, 0.1) is 6.92 Å². The minimum Gasteiger partial charge on any atom is -0.456 e. The van der Waals surface area contributed by atoms with Gasteiger partial charge in [0.1, 0.15) is 11.3 Å². The molecule has 0 aliphatic carbocycles. The summed E-state index contributed by atoms with van der Waals surface area (Å²) in [6, 6.07) is 6.86. The fourth-order valence-electron chi connectivity index (χ4n) is 1.53. The zero-order chi connectivity index (χ0) is 12.4. The normalized spacial score (nSPS) is 13.3. The molecule has 0 aliphatic rings. The molecular formula is C13H12O3S. The molecule has 4 heteroatoms. The molecule has 1 unspecified atom stereocenters. The Hall–Kier alpha value is -1.68. The van der Waals surface area contributed by atoms with Gasteiger partial charge < -0.3 is 4.42 Å². The van der Waals surface area contributed by atoms with Gasteiger partial charge in [0, 0.05) is 28.5 Å². The lowest BCUT2D eigenvalue weighted by Gasteiger charge is -1.99. The Kier molecular flexibility index (Phi) is 3.24. The molecule has 2 aromatic rings. The van der Waals surface area contributed by atoms with E-state index >= 15 is 0 Å². The van der Waals surface area contributed by atoms with Crippen LogP contribution in [0.5, 0.6) is 0 Å². The van der Waals surface area contributed by atoms with Crippen LogP contribution < -0.4 is 5.43 Å². The van der Waals surface area contributed by atoms with Crippen LogP contribution in [0.4, 0.5) is 0 Å². The van der Waals surface area contributed by atoms with Gasteiger partial charge in [0.25, 0.3) is 0 Å². The van der Waals surface area contributed by atoms with E-state index in [4.69, 9.17) is 4.42 Å². The van der Waals surface area contributed by atoms with Crippen LogP contribution in [-0.4, -0.2) is 10.5 Å². The Morgan fingerprint density at radius 3 is 2.76 bits per heavy atom. The second-order valence-electron chi connectivity index (χ2n) is 3.81. The van der Waals surface area contributed by atoms with Crippen LogP contribution in [-0.2, 0) is 10.8 Å². The Morgan fingerprint density at radius 2 is 2.06 bits per heavy atom. The molecule has 0 spiro atoms. The zero-order valence-corrected chi connectivity index (χ0v) is 10.4. The van der Waals surface area contributed by atoms with Gasteiger partial charge in [-0.15, -0.1) is 0 Å². The van der Waals surface area contributed by atoms with Gasteiger partial charge in [0.2, 0.25) is 0 Å². The third-order valence-electron chi connectivity index (χ3n) is 2.33. The number of hydrogen-bond donors (Lipinski definition) is 0. The van der Waals surface area contributed by atoms with Crippen LogP contribution in [0.1, 0.15) is 11.3 Å². The van der Waals surface area contributed by atoms with E-state index in [0.717, 1.165) is 5.56 Å². The summed E-state index contributed by atoms with van der Waals surface area (Å²) in [5.41, 5.74) is 1.48. The topological polar surface area (TPSA) is 47.3 Å². The number of aryl methyl sites for hydroxylation is 1. The summed E-state index contributed by atoms with van der Waals surface area (Å²) in [7, 11) is -1.05. The fraction of sp³-hybridized carbons (Fsp3) is 0.154. The molecule has 0 radical (unpaired) electrons. The summed E-state index contributed by atoms with van der Waals surface area (Å²) in [4.78, 5) is 11.8. The van der Waals surface area contributed by atoms with Gasteiger partial charge in [-0.05, 0) is 25.1 Å². The van der Waals surface area contributed by atoms with Crippen LogP contribution in [0.25, 0.3) is 17.0 Å². The number of rotatable bonds is 2. The molecule has 2 rings (SSSR count). The van der Waals surface area contributed by atoms with E-state index in [1.54, 1.807) is 24.5 Å². The van der Waals surface area contributed by atoms with Crippen LogP contribution in [0.3, 0.4) is 0 Å². The molecule has 1 aromatic heterocycles. The molecule has 1 heterocycles. The van der Waals surface area contributed by atoms with Gasteiger partial charge in [-0.3, -0.25) is 9.00 Å². The summed E-state index contributed by atoms with van der Waals surface area (Å²) in [5, 5.41) is 2.05. The second kappa shape index (κ2) is 4.67. The molecule has 0 aliphatic heterocycles. The zero-order valence-electron chi connectivity index (χ0n) is 9.60. The number of hydrogen-bond acceptors (Lipinski definition) is 3. The summed E-state index contributed by atoms with van der Waals surface area (Å²) >= 11 is 0. The van der Waals surface area contributed by atoms with E-state index in [9.17, 15) is 9.00 Å². The molecule has 1 atom stereocenters. The highest BCUT2D eigenvalue weighted by Gasteiger charge is 2.02. The first-order valence-corrected chi connectivity index (χ1v) is 6.73. The van der Waals surface area contributed by atoms with Crippen LogP contribution in [0.15, 0.2) is 38.9 Å². The SMILES string of the molecule is Cc1ccc2oc(/C=C/S(C)=O)cc(=O)c2c1. The molecule has 0 fully saturated rings. The Bertz CT molecular complexity index is 668. The lowest BCUT2D eigenvalue weighted by atomic mass is 10.1. The Balaban J connectivity index is 2.60. The van der Waals surface area contributed by atoms with E-state index < -0.39 is 10.8 Å². The molecule has 1 aromatic carbocycles. The van der Waals surface area contributed by atoms with Gasteiger partial charge in [-0.25, -0.2) is 0 Å². The summed E-state index contributed by atoms with van der Waals surface area (Å²) in [5.74, 6) is 0.418. The molecular weight excluding hydrogens is 236 g/mol. The Morgan fingerprint density at radius 1 is 1.29 bits per heavy atom. The van der Waals surface area contributed by atoms with Crippen molar-refractivity contribution in [1.82, 2.24) is 0 Å². The van der Waals surface area contributed by atoms with Crippen molar-refractivity contribution in [3.63, 3.8) is 0 Å². The van der Waals surface area contributed by atoms with E-state index in [1.807, 2.05) is 13.0 Å². The van der Waals surface area contributed by atoms with Crippen molar-refractivity contribution in [2.75, 3.05) is 6.26 Å². The van der Waals surface area contributed by atoms with Crippen molar-refractivity contribution >= 4 is 27.8 Å². The van der Waals surface area contributed by atoms with E-state index in [2.05, 4.69) is 0 Å². The van der Waals surface area contributed by atoms with E-state index in [-0.39, 0.29) is 5.43 Å². The first kappa shape index (κ1) is 11.8. The maximum Gasteiger partial charge on any atom is 0.193 e. The summed E-state index contributed by atoms with van der Waals surface area (Å²) in [6.45, 7) is 1.92. The highest BCUT2D eigenvalue weighted by atomic mass is 32.2. The molecule has 0 N–H and O–H groups in total. The maximum atomic E-state index is 11.8. The maximum absolute atomic E-state index is 11.8. The second-order valence-corrected chi connectivity index (χ2v) is 5.08. The first-order chi connectivity index (χ1) is 8.06. The van der Waals surface area contributed by atoms with Gasteiger partial charge in [-0.1, -0.05) is 11.6 Å². The van der Waals surface area contributed by atoms with Crippen molar-refractivity contribution in [2.45, 2.75) is 6.92 Å². The molecule has 0 saturated carbocycles. The minimum absolute atomic E-state index is 0.0866. The van der Waals surface area contributed by atoms with Crippen molar-refractivity contribution in [2.24, 2.45) is 0 Å². The third kappa shape index (κ3) is 2.71. The molecule has 88 valence electrons. The largest absolute Gasteiger partial charge is 0.456 e. The molecule has 17 heavy (non-hydrogen) atoms. The smallest absolute Gasteiger partial charge is 0.193 e. The van der Waals surface area contributed by atoms with Crippen LogP contribution >= 0.6 is 0 Å². The molecule has 0 bridgehead atoms. The molecule has 3 nitrogen and oxygen atoms in total. The average molecular weight is 248 g/mol. The fourth-order valence-corrected chi connectivity index (χ4v) is 1.86. The van der Waals surface area contributed by atoms with Gasteiger partial charge >= 0.3 is 0 Å². The summed E-state index contributed by atoms with van der Waals surface area (Å²) in [6.07, 6.45) is 3.11. The minimum atomic E-state index is -1.05. The van der Waals surface area contributed by atoms with Crippen LogP contribution in [0.2, 0.25) is 0 Å². The third-order valence-corrected chi connectivity index (χ3v) is 2.84. The van der Waals surface area contributed by atoms with Crippen molar-refractivity contribution < 1.29 is 8.63 Å². The highest BCUT2D eigenvalue weighted by molar-refractivity contribution is 7.87. The quantitative estimate of drug-likeness (QED) is 0.820. The predicted molar refractivity (Wildman–Crippen MR) is 70.3 cm³/mol. The molecule has 0 saturated heterocycles. The van der Waals surface area contributed by atoms with Gasteiger partial charge in [0.05, 0.1) is 5.39 Å². The standard InChI is InChI=1S/C13H12O3S/c1-9-3-4-13-11(7-9)12(14)8-10(16-13)5-6-17(2)15/h3-8H,1-2H3/b6-5+. The van der Waals surface area contributed by atoms with Gasteiger partial charge in [-0.2, -0.15) is 0 Å². The Labute approximate surface area is 101 Å². The molecule has 0 amide bonds. The van der Waals surface area contributed by atoms with Crippen molar-refractivity contribution in [1.29, 1.82) is 0 Å². The first-order valence-electron chi connectivity index (χ1n) is 5.11. The van der Waals surface area contributed by atoms with E-state index in [0.29, 0.717) is 16.7 Å². The lowest BCUT2D eigenvalue weighted by Crippen LogP contribution is -2.00. The average Bonchev–Trinajstić information content (AvgIpc) is 2.27.